The molecule has 7 nitrogen and oxygen atoms in total. The first-order valence-electron chi connectivity index (χ1n) is 8.82. The van der Waals surface area contributed by atoms with E-state index in [0.717, 1.165) is 12.0 Å². The fraction of sp³-hybridized carbons (Fsp3) is 0.579. The van der Waals surface area contributed by atoms with Crippen LogP contribution in [-0.2, 0) is 11.2 Å². The highest BCUT2D eigenvalue weighted by atomic mass is 16.6. The molecule has 1 aromatic carbocycles. The van der Waals surface area contributed by atoms with E-state index in [4.69, 9.17) is 20.3 Å². The molecular weight excluding hydrogens is 336 g/mol. The Morgan fingerprint density at radius 3 is 2.54 bits per heavy atom. The highest BCUT2D eigenvalue weighted by Gasteiger charge is 2.19. The number of benzene rings is 1. The maximum absolute atomic E-state index is 11.9. The third kappa shape index (κ3) is 7.74. The molecule has 26 heavy (non-hydrogen) atoms. The summed E-state index contributed by atoms with van der Waals surface area (Å²) in [7, 11) is 0. The fourth-order valence-electron chi connectivity index (χ4n) is 2.39. The first-order valence-corrected chi connectivity index (χ1v) is 8.82. The van der Waals surface area contributed by atoms with Crippen LogP contribution in [0.15, 0.2) is 18.2 Å². The second-order valence-corrected chi connectivity index (χ2v) is 7.05. The normalized spacial score (nSPS) is 12.3. The van der Waals surface area contributed by atoms with Crippen LogP contribution < -0.4 is 15.8 Å². The molecule has 4 N–H and O–H groups in total. The molecule has 1 atom stereocenters. The number of carbonyl (C=O) groups excluding carboxylic acids is 2. The van der Waals surface area contributed by atoms with Gasteiger partial charge in [-0.3, -0.25) is 4.79 Å². The molecule has 7 heteroatoms. The van der Waals surface area contributed by atoms with Gasteiger partial charge >= 0.3 is 6.09 Å². The average Bonchev–Trinajstić information content (AvgIpc) is 2.55. The lowest BCUT2D eigenvalue weighted by atomic mass is 10.0. The Balaban J connectivity index is 2.76. The van der Waals surface area contributed by atoms with Gasteiger partial charge in [0.15, 0.2) is 0 Å². The molecule has 0 bridgehead atoms. The molecule has 0 saturated carbocycles. The third-order valence-electron chi connectivity index (χ3n) is 3.68. The van der Waals surface area contributed by atoms with E-state index in [-0.39, 0.29) is 19.3 Å². The van der Waals surface area contributed by atoms with Crippen molar-refractivity contribution >= 4 is 12.0 Å². The predicted octanol–water partition coefficient (Wildman–Crippen LogP) is 2.39. The van der Waals surface area contributed by atoms with E-state index >= 15 is 0 Å². The average molecular weight is 366 g/mol. The summed E-state index contributed by atoms with van der Waals surface area (Å²) in [6, 6.07) is 4.96. The highest BCUT2D eigenvalue weighted by Crippen LogP contribution is 2.23. The summed E-state index contributed by atoms with van der Waals surface area (Å²) in [5, 5.41) is 11.8. The number of aliphatic hydroxyl groups excluding tert-OH is 1. The maximum atomic E-state index is 11.9. The van der Waals surface area contributed by atoms with Gasteiger partial charge < -0.3 is 25.6 Å². The van der Waals surface area contributed by atoms with E-state index in [2.05, 4.69) is 5.32 Å². The van der Waals surface area contributed by atoms with Crippen LogP contribution in [-0.4, -0.2) is 42.0 Å². The number of carbonyl (C=O) groups is 2. The zero-order valence-electron chi connectivity index (χ0n) is 16.0. The number of alkyl carbamates (subject to hydrolysis) is 1. The number of hydrogen-bond donors (Lipinski definition) is 3. The van der Waals surface area contributed by atoms with E-state index < -0.39 is 17.6 Å². The number of amides is 2. The van der Waals surface area contributed by atoms with Crippen molar-refractivity contribution in [3.8, 4) is 5.75 Å². The van der Waals surface area contributed by atoms with Crippen LogP contribution in [0.4, 0.5) is 4.79 Å². The van der Waals surface area contributed by atoms with E-state index in [1.165, 1.54) is 0 Å². The fourth-order valence-corrected chi connectivity index (χ4v) is 2.39. The van der Waals surface area contributed by atoms with Crippen molar-refractivity contribution in [1.29, 1.82) is 0 Å². The largest absolute Gasteiger partial charge is 0.491 e. The van der Waals surface area contributed by atoms with Crippen molar-refractivity contribution in [3.05, 3.63) is 29.3 Å². The van der Waals surface area contributed by atoms with Gasteiger partial charge in [0.2, 0.25) is 5.91 Å². The van der Waals surface area contributed by atoms with Gasteiger partial charge in [0.25, 0.3) is 0 Å². The van der Waals surface area contributed by atoms with Crippen LogP contribution in [0.2, 0.25) is 0 Å². The number of aliphatic hydroxyl groups is 1. The molecule has 0 aliphatic carbocycles. The van der Waals surface area contributed by atoms with Gasteiger partial charge in [-0.25, -0.2) is 4.79 Å². The summed E-state index contributed by atoms with van der Waals surface area (Å²) in [6.45, 7) is 7.44. The predicted molar refractivity (Wildman–Crippen MR) is 99.3 cm³/mol. The second kappa shape index (κ2) is 10.0. The number of nitrogens with two attached hydrogens (primary N) is 1. The highest BCUT2D eigenvalue weighted by molar-refractivity contribution is 5.93. The summed E-state index contributed by atoms with van der Waals surface area (Å²) < 4.78 is 10.8. The zero-order valence-corrected chi connectivity index (χ0v) is 16.0. The van der Waals surface area contributed by atoms with Crippen LogP contribution in [0.3, 0.4) is 0 Å². The molecule has 0 aliphatic rings. The van der Waals surface area contributed by atoms with E-state index in [9.17, 15) is 9.59 Å². The second-order valence-electron chi connectivity index (χ2n) is 7.05. The molecule has 0 aromatic heterocycles. The minimum Gasteiger partial charge on any atom is -0.491 e. The van der Waals surface area contributed by atoms with Crippen LogP contribution in [0.1, 0.15) is 56.5 Å². The van der Waals surface area contributed by atoms with Crippen molar-refractivity contribution in [3.63, 3.8) is 0 Å². The van der Waals surface area contributed by atoms with Gasteiger partial charge in [-0.15, -0.1) is 0 Å². The third-order valence-corrected chi connectivity index (χ3v) is 3.68. The summed E-state index contributed by atoms with van der Waals surface area (Å²) >= 11 is 0. The van der Waals surface area contributed by atoms with E-state index in [1.807, 2.05) is 27.7 Å². The smallest absolute Gasteiger partial charge is 0.407 e. The standard InChI is InChI=1S/C19H30N2O5/c1-5-15(21-18(24)26-19(2,3)4)9-8-13-6-7-14(17(20)23)12-16(13)25-11-10-22/h6-7,12,15,22H,5,8-11H2,1-4H3,(H2,20,23)(H,21,24)/t15-/m1/s1. The zero-order chi connectivity index (χ0) is 19.7. The number of hydrogen-bond acceptors (Lipinski definition) is 5. The van der Waals surface area contributed by atoms with Crippen molar-refractivity contribution in [2.24, 2.45) is 5.73 Å². The minimum atomic E-state index is -0.543. The molecule has 0 saturated heterocycles. The number of aryl methyl sites for hydroxylation is 1. The Bertz CT molecular complexity index is 610. The Morgan fingerprint density at radius 1 is 1.31 bits per heavy atom. The Labute approximate surface area is 154 Å². The van der Waals surface area contributed by atoms with Crippen LogP contribution >= 0.6 is 0 Å². The monoisotopic (exact) mass is 366 g/mol. The molecule has 1 aromatic rings. The minimum absolute atomic E-state index is 0.0497. The van der Waals surface area contributed by atoms with Crippen molar-refractivity contribution in [2.45, 2.75) is 58.6 Å². The lowest BCUT2D eigenvalue weighted by Gasteiger charge is -2.23. The summed E-state index contributed by atoms with van der Waals surface area (Å²) in [4.78, 5) is 23.3. The van der Waals surface area contributed by atoms with Crippen LogP contribution in [0, 0.1) is 0 Å². The number of nitrogens with one attached hydrogen (secondary N) is 1. The van der Waals surface area contributed by atoms with Crippen molar-refractivity contribution in [1.82, 2.24) is 5.32 Å². The van der Waals surface area contributed by atoms with Crippen LogP contribution in [0.5, 0.6) is 5.75 Å². The quantitative estimate of drug-likeness (QED) is 0.621. The lowest BCUT2D eigenvalue weighted by Crippen LogP contribution is -2.39. The Morgan fingerprint density at radius 2 is 2.00 bits per heavy atom. The molecule has 2 amide bonds. The first-order chi connectivity index (χ1) is 12.2. The lowest BCUT2D eigenvalue weighted by molar-refractivity contribution is 0.0500. The number of primary amides is 1. The van der Waals surface area contributed by atoms with Gasteiger partial charge in [0, 0.05) is 11.6 Å². The molecular formula is C19H30N2O5. The summed E-state index contributed by atoms with van der Waals surface area (Å²) in [6.07, 6.45) is 1.63. The molecule has 0 fully saturated rings. The van der Waals surface area contributed by atoms with Gasteiger partial charge in [-0.1, -0.05) is 13.0 Å². The molecule has 146 valence electrons. The van der Waals surface area contributed by atoms with Crippen molar-refractivity contribution < 1.29 is 24.2 Å². The summed E-state index contributed by atoms with van der Waals surface area (Å²) in [5.74, 6) is -0.0223. The Hall–Kier alpha value is -2.28. The molecule has 0 unspecified atom stereocenters. The van der Waals surface area contributed by atoms with Gasteiger partial charge in [0.1, 0.15) is 18.0 Å². The topological polar surface area (TPSA) is 111 Å². The van der Waals surface area contributed by atoms with Gasteiger partial charge in [-0.2, -0.15) is 0 Å². The van der Waals surface area contributed by atoms with Gasteiger partial charge in [-0.05, 0) is 57.7 Å². The number of ether oxygens (including phenoxy) is 2. The van der Waals surface area contributed by atoms with Crippen molar-refractivity contribution in [2.75, 3.05) is 13.2 Å². The molecule has 0 radical (unpaired) electrons. The molecule has 0 aliphatic heterocycles. The van der Waals surface area contributed by atoms with E-state index in [1.54, 1.807) is 18.2 Å². The SMILES string of the molecule is CC[C@H](CCc1ccc(C(N)=O)cc1OCCO)NC(=O)OC(C)(C)C. The van der Waals surface area contributed by atoms with E-state index in [0.29, 0.717) is 24.2 Å². The van der Waals surface area contributed by atoms with Gasteiger partial charge in [0.05, 0.1) is 6.61 Å². The number of rotatable bonds is 9. The maximum Gasteiger partial charge on any atom is 0.407 e. The molecule has 0 heterocycles. The van der Waals surface area contributed by atoms with Crippen LogP contribution in [0.25, 0.3) is 0 Å². The molecule has 0 spiro atoms. The first kappa shape index (κ1) is 21.8. The Kier molecular flexibility index (Phi) is 8.38. The molecule has 1 rings (SSSR count). The summed E-state index contributed by atoms with van der Waals surface area (Å²) in [5.41, 5.74) is 5.99.